The molecule has 1 heterocycles. The van der Waals surface area contributed by atoms with Crippen LogP contribution in [0.2, 0.25) is 0 Å². The molecule has 1 aromatic heterocycles. The van der Waals surface area contributed by atoms with Crippen molar-refractivity contribution in [3.8, 4) is 6.01 Å². The maximum absolute atomic E-state index is 5.78. The van der Waals surface area contributed by atoms with E-state index in [0.717, 1.165) is 12.2 Å². The van der Waals surface area contributed by atoms with Crippen LogP contribution in [0.3, 0.4) is 0 Å². The van der Waals surface area contributed by atoms with Crippen LogP contribution in [0, 0.1) is 0 Å². The van der Waals surface area contributed by atoms with Gasteiger partial charge in [-0.2, -0.15) is 0 Å². The summed E-state index contributed by atoms with van der Waals surface area (Å²) >= 11 is 0. The van der Waals surface area contributed by atoms with Gasteiger partial charge in [-0.25, -0.2) is 0 Å². The Balaban J connectivity index is 2.21. The SMILES string of the molecule is CCOc1nnc(CC(C)N)n1C1CC1. The molecule has 5 nitrogen and oxygen atoms in total. The first-order valence-corrected chi connectivity index (χ1v) is 5.54. The molecule has 1 unspecified atom stereocenters. The number of hydrogen-bond acceptors (Lipinski definition) is 4. The van der Waals surface area contributed by atoms with Gasteiger partial charge in [0.1, 0.15) is 5.82 Å². The number of hydrogen-bond donors (Lipinski definition) is 1. The topological polar surface area (TPSA) is 66.0 Å². The van der Waals surface area contributed by atoms with Crippen molar-refractivity contribution in [2.75, 3.05) is 6.61 Å². The maximum atomic E-state index is 5.78. The zero-order valence-corrected chi connectivity index (χ0v) is 9.31. The Kier molecular flexibility index (Phi) is 2.90. The largest absolute Gasteiger partial charge is 0.464 e. The first-order valence-electron chi connectivity index (χ1n) is 5.54. The van der Waals surface area contributed by atoms with Crippen LogP contribution in [0.15, 0.2) is 0 Å². The predicted octanol–water partition coefficient (Wildman–Crippen LogP) is 0.901. The van der Waals surface area contributed by atoms with E-state index in [1.807, 2.05) is 13.8 Å². The first-order chi connectivity index (χ1) is 7.22. The predicted molar refractivity (Wildman–Crippen MR) is 56.8 cm³/mol. The highest BCUT2D eigenvalue weighted by Crippen LogP contribution is 2.38. The monoisotopic (exact) mass is 210 g/mol. The fourth-order valence-corrected chi connectivity index (χ4v) is 1.66. The van der Waals surface area contributed by atoms with Crippen LogP contribution in [0.4, 0.5) is 0 Å². The van der Waals surface area contributed by atoms with E-state index in [0.29, 0.717) is 18.7 Å². The van der Waals surface area contributed by atoms with Crippen molar-refractivity contribution in [2.45, 2.75) is 45.2 Å². The van der Waals surface area contributed by atoms with Crippen molar-refractivity contribution in [2.24, 2.45) is 5.73 Å². The highest BCUT2D eigenvalue weighted by atomic mass is 16.5. The summed E-state index contributed by atoms with van der Waals surface area (Å²) in [7, 11) is 0. The fourth-order valence-electron chi connectivity index (χ4n) is 1.66. The van der Waals surface area contributed by atoms with Gasteiger partial charge < -0.3 is 10.5 Å². The molecule has 0 amide bonds. The minimum atomic E-state index is 0.112. The molecular weight excluding hydrogens is 192 g/mol. The average Bonchev–Trinajstić information content (AvgIpc) is 2.92. The normalized spacial score (nSPS) is 17.8. The second-order valence-electron chi connectivity index (χ2n) is 4.11. The highest BCUT2D eigenvalue weighted by molar-refractivity contribution is 5.08. The fraction of sp³-hybridized carbons (Fsp3) is 0.800. The van der Waals surface area contributed by atoms with Crippen molar-refractivity contribution < 1.29 is 4.74 Å². The van der Waals surface area contributed by atoms with Crippen molar-refractivity contribution in [3.63, 3.8) is 0 Å². The average molecular weight is 210 g/mol. The first kappa shape index (κ1) is 10.4. The summed E-state index contributed by atoms with van der Waals surface area (Å²) in [5.41, 5.74) is 5.78. The summed E-state index contributed by atoms with van der Waals surface area (Å²) in [6, 6.07) is 1.30. The van der Waals surface area contributed by atoms with E-state index in [1.54, 1.807) is 0 Å². The van der Waals surface area contributed by atoms with Crippen LogP contribution in [-0.4, -0.2) is 27.4 Å². The second kappa shape index (κ2) is 4.18. The van der Waals surface area contributed by atoms with Gasteiger partial charge in [-0.05, 0) is 26.7 Å². The molecule has 1 aliphatic carbocycles. The zero-order valence-electron chi connectivity index (χ0n) is 9.31. The lowest BCUT2D eigenvalue weighted by Crippen LogP contribution is -2.20. The zero-order chi connectivity index (χ0) is 10.8. The van der Waals surface area contributed by atoms with Crippen molar-refractivity contribution in [1.29, 1.82) is 0 Å². The Morgan fingerprint density at radius 1 is 1.53 bits per heavy atom. The van der Waals surface area contributed by atoms with Gasteiger partial charge in [0.2, 0.25) is 0 Å². The minimum absolute atomic E-state index is 0.112. The standard InChI is InChI=1S/C10H18N4O/c1-3-15-10-13-12-9(6-7(2)11)14(10)8-4-5-8/h7-8H,3-6,11H2,1-2H3. The highest BCUT2D eigenvalue weighted by Gasteiger charge is 2.30. The van der Waals surface area contributed by atoms with Crippen LogP contribution < -0.4 is 10.5 Å². The Morgan fingerprint density at radius 3 is 2.80 bits per heavy atom. The molecule has 1 aliphatic rings. The third-order valence-electron chi connectivity index (χ3n) is 2.43. The molecule has 0 aromatic carbocycles. The summed E-state index contributed by atoms with van der Waals surface area (Å²) in [4.78, 5) is 0. The summed E-state index contributed by atoms with van der Waals surface area (Å²) in [5, 5.41) is 8.20. The number of rotatable bonds is 5. The van der Waals surface area contributed by atoms with E-state index in [1.165, 1.54) is 12.8 Å². The summed E-state index contributed by atoms with van der Waals surface area (Å²) < 4.78 is 7.55. The third kappa shape index (κ3) is 2.28. The quantitative estimate of drug-likeness (QED) is 0.784. The van der Waals surface area contributed by atoms with Crippen LogP contribution in [0.1, 0.15) is 38.6 Å². The number of aromatic nitrogens is 3. The molecule has 15 heavy (non-hydrogen) atoms. The molecule has 1 fully saturated rings. The molecule has 0 aliphatic heterocycles. The molecule has 2 N–H and O–H groups in total. The van der Waals surface area contributed by atoms with Crippen molar-refractivity contribution in [1.82, 2.24) is 14.8 Å². The van der Waals surface area contributed by atoms with E-state index in [4.69, 9.17) is 10.5 Å². The molecule has 5 heteroatoms. The maximum Gasteiger partial charge on any atom is 0.317 e. The Labute approximate surface area is 89.6 Å². The summed E-state index contributed by atoms with van der Waals surface area (Å²) in [5.74, 6) is 0.955. The molecule has 1 saturated carbocycles. The molecule has 0 spiro atoms. The van der Waals surface area contributed by atoms with Gasteiger partial charge in [-0.15, -0.1) is 5.10 Å². The summed E-state index contributed by atoms with van der Waals surface area (Å²) in [6.07, 6.45) is 3.16. The Hall–Kier alpha value is -1.10. The lowest BCUT2D eigenvalue weighted by molar-refractivity contribution is 0.294. The number of ether oxygens (including phenoxy) is 1. The van der Waals surface area contributed by atoms with Gasteiger partial charge in [0.25, 0.3) is 0 Å². The molecule has 0 saturated heterocycles. The van der Waals surface area contributed by atoms with Gasteiger partial charge in [-0.3, -0.25) is 4.57 Å². The lowest BCUT2D eigenvalue weighted by atomic mass is 10.2. The second-order valence-corrected chi connectivity index (χ2v) is 4.11. The molecule has 1 aromatic rings. The molecule has 0 bridgehead atoms. The minimum Gasteiger partial charge on any atom is -0.464 e. The van der Waals surface area contributed by atoms with Gasteiger partial charge in [0.15, 0.2) is 0 Å². The van der Waals surface area contributed by atoms with Crippen molar-refractivity contribution in [3.05, 3.63) is 5.82 Å². The molecular formula is C10H18N4O. The molecule has 2 rings (SSSR count). The third-order valence-corrected chi connectivity index (χ3v) is 2.43. The van der Waals surface area contributed by atoms with E-state index < -0.39 is 0 Å². The van der Waals surface area contributed by atoms with Gasteiger partial charge in [0.05, 0.1) is 6.61 Å². The van der Waals surface area contributed by atoms with Gasteiger partial charge in [-0.1, -0.05) is 5.10 Å². The molecule has 1 atom stereocenters. The van der Waals surface area contributed by atoms with Crippen LogP contribution in [0.25, 0.3) is 0 Å². The summed E-state index contributed by atoms with van der Waals surface area (Å²) in [6.45, 7) is 4.56. The van der Waals surface area contributed by atoms with Gasteiger partial charge >= 0.3 is 6.01 Å². The van der Waals surface area contributed by atoms with E-state index in [9.17, 15) is 0 Å². The van der Waals surface area contributed by atoms with Crippen LogP contribution in [0.5, 0.6) is 6.01 Å². The Morgan fingerprint density at radius 2 is 2.27 bits per heavy atom. The molecule has 0 radical (unpaired) electrons. The van der Waals surface area contributed by atoms with Gasteiger partial charge in [0, 0.05) is 18.5 Å². The number of nitrogens with two attached hydrogens (primary N) is 1. The lowest BCUT2D eigenvalue weighted by Gasteiger charge is -2.09. The number of nitrogens with zero attached hydrogens (tertiary/aromatic N) is 3. The van der Waals surface area contributed by atoms with Crippen LogP contribution in [-0.2, 0) is 6.42 Å². The van der Waals surface area contributed by atoms with Crippen LogP contribution >= 0.6 is 0 Å². The Bertz CT molecular complexity index is 330. The van der Waals surface area contributed by atoms with Crippen molar-refractivity contribution >= 4 is 0 Å². The van der Waals surface area contributed by atoms with E-state index in [2.05, 4.69) is 14.8 Å². The molecule has 84 valence electrons. The van der Waals surface area contributed by atoms with E-state index >= 15 is 0 Å². The van der Waals surface area contributed by atoms with E-state index in [-0.39, 0.29) is 6.04 Å². The smallest absolute Gasteiger partial charge is 0.317 e.